The van der Waals surface area contributed by atoms with Crippen molar-refractivity contribution < 1.29 is 26.3 Å². The quantitative estimate of drug-likeness (QED) is 0.432. The number of aromatic nitrogens is 2. The van der Waals surface area contributed by atoms with Crippen molar-refractivity contribution in [2.24, 2.45) is 5.92 Å². The van der Waals surface area contributed by atoms with E-state index in [0.29, 0.717) is 13.0 Å². The average Bonchev–Trinajstić information content (AvgIpc) is 3.02. The highest BCUT2D eigenvalue weighted by Crippen LogP contribution is 2.41. The number of fused-ring (bicyclic) bond motifs is 1. The summed E-state index contributed by atoms with van der Waals surface area (Å²) in [5, 5.41) is 0. The first kappa shape index (κ1) is 24.9. The second-order valence-electron chi connectivity index (χ2n) is 9.69. The first-order chi connectivity index (χ1) is 15.8. The van der Waals surface area contributed by atoms with Crippen LogP contribution in [0.4, 0.5) is 38.0 Å². The molecule has 2 aliphatic rings. The molecule has 1 fully saturated rings. The number of benzene rings is 1. The summed E-state index contributed by atoms with van der Waals surface area (Å²) in [6.07, 6.45) is -6.11. The summed E-state index contributed by atoms with van der Waals surface area (Å²) in [6, 6.07) is 3.94. The van der Waals surface area contributed by atoms with Gasteiger partial charge in [-0.1, -0.05) is 24.1 Å². The van der Waals surface area contributed by atoms with Crippen molar-refractivity contribution in [2.75, 3.05) is 24.5 Å². The lowest BCUT2D eigenvalue weighted by Crippen LogP contribution is -2.40. The molecule has 1 aliphatic carbocycles. The Morgan fingerprint density at radius 3 is 2.15 bits per heavy atom. The van der Waals surface area contributed by atoms with E-state index >= 15 is 0 Å². The second kappa shape index (κ2) is 9.09. The standard InChI is InChI=1S/C24H30F6N4/c1-15-10-16(2)20(17(3)11-15)34-9-5-8-33-19(21(24(28,29)30)31-22(33)34)13-32(14-23(25,26)27)12-18-6-4-7-18/h10-11,18H,4-9,12-14H2,1-3H3. The number of alkyl halides is 6. The van der Waals surface area contributed by atoms with Gasteiger partial charge in [0.1, 0.15) is 0 Å². The first-order valence-electron chi connectivity index (χ1n) is 11.6. The first-order valence-corrected chi connectivity index (χ1v) is 11.6. The third kappa shape index (κ3) is 5.21. The van der Waals surface area contributed by atoms with Crippen molar-refractivity contribution in [1.29, 1.82) is 0 Å². The number of aryl methyl sites for hydroxylation is 3. The number of halogens is 6. The highest BCUT2D eigenvalue weighted by atomic mass is 19.4. The fraction of sp³-hybridized carbons (Fsp3) is 0.625. The summed E-state index contributed by atoms with van der Waals surface area (Å²) in [5.74, 6) is 0.244. The van der Waals surface area contributed by atoms with Gasteiger partial charge in [-0.2, -0.15) is 26.3 Å². The summed E-state index contributed by atoms with van der Waals surface area (Å²) in [6.45, 7) is 5.03. The minimum absolute atomic E-state index is 0.0924. The molecule has 4 nitrogen and oxygen atoms in total. The minimum atomic E-state index is -4.76. The Hall–Kier alpha value is -2.23. The lowest BCUT2D eigenvalue weighted by Gasteiger charge is -2.34. The van der Waals surface area contributed by atoms with Crippen molar-refractivity contribution in [1.82, 2.24) is 14.5 Å². The van der Waals surface area contributed by atoms with Gasteiger partial charge in [-0.3, -0.25) is 4.90 Å². The molecule has 34 heavy (non-hydrogen) atoms. The number of rotatable bonds is 6. The fourth-order valence-electron chi connectivity index (χ4n) is 5.29. The van der Waals surface area contributed by atoms with Crippen LogP contribution in [0.3, 0.4) is 0 Å². The van der Waals surface area contributed by atoms with E-state index in [1.54, 1.807) is 4.90 Å². The van der Waals surface area contributed by atoms with Gasteiger partial charge in [0.25, 0.3) is 0 Å². The summed E-state index contributed by atoms with van der Waals surface area (Å²) < 4.78 is 83.6. The van der Waals surface area contributed by atoms with Crippen molar-refractivity contribution in [3.8, 4) is 0 Å². The zero-order valence-corrected chi connectivity index (χ0v) is 19.7. The molecule has 0 saturated heterocycles. The van der Waals surface area contributed by atoms with E-state index in [2.05, 4.69) is 4.98 Å². The monoisotopic (exact) mass is 488 g/mol. The third-order valence-corrected chi connectivity index (χ3v) is 6.75. The molecule has 0 atom stereocenters. The van der Waals surface area contributed by atoms with Crippen LogP contribution in [0, 0.1) is 26.7 Å². The fourth-order valence-corrected chi connectivity index (χ4v) is 5.29. The molecule has 1 aromatic carbocycles. The minimum Gasteiger partial charge on any atom is -0.312 e. The predicted molar refractivity (Wildman–Crippen MR) is 118 cm³/mol. The molecule has 2 heterocycles. The Morgan fingerprint density at radius 1 is 0.971 bits per heavy atom. The molecule has 0 amide bonds. The summed E-state index contributed by atoms with van der Waals surface area (Å²) >= 11 is 0. The summed E-state index contributed by atoms with van der Waals surface area (Å²) in [4.78, 5) is 6.90. The molecule has 0 N–H and O–H groups in total. The molecule has 0 radical (unpaired) electrons. The maximum Gasteiger partial charge on any atom is 0.435 e. The Bertz CT molecular complexity index is 1010. The van der Waals surface area contributed by atoms with Crippen LogP contribution in [-0.4, -0.2) is 40.3 Å². The number of imidazole rings is 1. The smallest absolute Gasteiger partial charge is 0.312 e. The number of hydrogen-bond donors (Lipinski definition) is 0. The van der Waals surface area contributed by atoms with E-state index in [9.17, 15) is 26.3 Å². The van der Waals surface area contributed by atoms with Gasteiger partial charge in [0.15, 0.2) is 5.69 Å². The maximum atomic E-state index is 14.1. The Balaban J connectivity index is 1.76. The molecule has 0 unspecified atom stereocenters. The van der Waals surface area contributed by atoms with E-state index in [1.165, 1.54) is 4.57 Å². The van der Waals surface area contributed by atoms with Gasteiger partial charge in [0.05, 0.1) is 12.2 Å². The van der Waals surface area contributed by atoms with Gasteiger partial charge in [-0.15, -0.1) is 0 Å². The maximum absolute atomic E-state index is 14.1. The highest BCUT2D eigenvalue weighted by Gasteiger charge is 2.42. The molecule has 1 saturated carbocycles. The second-order valence-corrected chi connectivity index (χ2v) is 9.69. The highest BCUT2D eigenvalue weighted by molar-refractivity contribution is 5.68. The van der Waals surface area contributed by atoms with Gasteiger partial charge < -0.3 is 9.47 Å². The lowest BCUT2D eigenvalue weighted by atomic mass is 9.85. The Labute approximate surface area is 195 Å². The summed E-state index contributed by atoms with van der Waals surface area (Å²) in [5.41, 5.74) is 2.43. The molecule has 1 aliphatic heterocycles. The zero-order valence-electron chi connectivity index (χ0n) is 19.7. The molecular formula is C24H30F6N4. The Morgan fingerprint density at radius 2 is 1.62 bits per heavy atom. The van der Waals surface area contributed by atoms with E-state index in [0.717, 1.165) is 46.5 Å². The van der Waals surface area contributed by atoms with Crippen LogP contribution in [0.2, 0.25) is 0 Å². The zero-order chi connectivity index (χ0) is 24.8. The van der Waals surface area contributed by atoms with Gasteiger partial charge in [-0.25, -0.2) is 4.98 Å². The van der Waals surface area contributed by atoms with Gasteiger partial charge in [0.2, 0.25) is 5.95 Å². The third-order valence-electron chi connectivity index (χ3n) is 6.75. The molecule has 4 rings (SSSR count). The molecule has 1 aromatic heterocycles. The molecule has 10 heteroatoms. The molecule has 188 valence electrons. The van der Waals surface area contributed by atoms with Crippen LogP contribution in [0.25, 0.3) is 0 Å². The van der Waals surface area contributed by atoms with Crippen molar-refractivity contribution >= 4 is 11.6 Å². The lowest BCUT2D eigenvalue weighted by molar-refractivity contribution is -0.150. The van der Waals surface area contributed by atoms with Gasteiger partial charge in [0, 0.05) is 31.9 Å². The molecular weight excluding hydrogens is 458 g/mol. The van der Waals surface area contributed by atoms with E-state index in [-0.39, 0.29) is 30.6 Å². The van der Waals surface area contributed by atoms with Crippen molar-refractivity contribution in [3.05, 3.63) is 40.2 Å². The predicted octanol–water partition coefficient (Wildman–Crippen LogP) is 6.53. The number of anilines is 2. The SMILES string of the molecule is Cc1cc(C)c(N2CCCn3c2nc(C(F)(F)F)c3CN(CC2CCC2)CC(F)(F)F)c(C)c1. The van der Waals surface area contributed by atoms with E-state index in [4.69, 9.17) is 0 Å². The van der Waals surface area contributed by atoms with Crippen LogP contribution < -0.4 is 4.90 Å². The molecule has 2 aromatic rings. The molecule has 0 bridgehead atoms. The van der Waals surface area contributed by atoms with Crippen LogP contribution >= 0.6 is 0 Å². The van der Waals surface area contributed by atoms with E-state index < -0.39 is 31.1 Å². The van der Waals surface area contributed by atoms with Gasteiger partial charge in [-0.05, 0) is 57.1 Å². The van der Waals surface area contributed by atoms with E-state index in [1.807, 2.05) is 32.9 Å². The topological polar surface area (TPSA) is 24.3 Å². The largest absolute Gasteiger partial charge is 0.435 e. The van der Waals surface area contributed by atoms with Crippen molar-refractivity contribution in [2.45, 2.75) is 71.9 Å². The van der Waals surface area contributed by atoms with Crippen LogP contribution in [-0.2, 0) is 19.3 Å². The van der Waals surface area contributed by atoms with Gasteiger partial charge >= 0.3 is 12.4 Å². The molecule has 0 spiro atoms. The van der Waals surface area contributed by atoms with Crippen LogP contribution in [0.1, 0.15) is 53.8 Å². The van der Waals surface area contributed by atoms with Crippen LogP contribution in [0.5, 0.6) is 0 Å². The Kier molecular flexibility index (Phi) is 6.65. The number of hydrogen-bond acceptors (Lipinski definition) is 3. The summed E-state index contributed by atoms with van der Waals surface area (Å²) in [7, 11) is 0. The normalized spacial score (nSPS) is 17.3. The van der Waals surface area contributed by atoms with Crippen molar-refractivity contribution in [3.63, 3.8) is 0 Å². The number of nitrogens with zero attached hydrogens (tertiary/aromatic N) is 4. The average molecular weight is 489 g/mol. The van der Waals surface area contributed by atoms with Crippen LogP contribution in [0.15, 0.2) is 12.1 Å².